The molecule has 0 bridgehead atoms. The Hall–Kier alpha value is -6.78. The second kappa shape index (κ2) is 12.0. The monoisotopic (exact) mass is 653 g/mol. The van der Waals surface area contributed by atoms with Gasteiger partial charge in [-0.25, -0.2) is 9.98 Å². The molecule has 1 aromatic heterocycles. The highest BCUT2D eigenvalue weighted by Gasteiger charge is 2.24. The number of nitrogens with one attached hydrogen (secondary N) is 1. The molecule has 9 aromatic rings. The molecule has 2 heterocycles. The maximum absolute atomic E-state index is 6.53. The minimum Gasteiger partial charge on any atom is -0.456 e. The minimum absolute atomic E-state index is 0.338. The molecule has 4 heteroatoms. The van der Waals surface area contributed by atoms with Gasteiger partial charge in [0.15, 0.2) is 5.84 Å². The second-order valence-electron chi connectivity index (χ2n) is 13.0. The number of fused-ring (bicyclic) bond motifs is 6. The molecule has 0 aliphatic carbocycles. The van der Waals surface area contributed by atoms with Crippen molar-refractivity contribution >= 4 is 55.2 Å². The van der Waals surface area contributed by atoms with Crippen LogP contribution in [0.25, 0.3) is 65.7 Å². The zero-order valence-electron chi connectivity index (χ0n) is 27.6. The second-order valence-corrected chi connectivity index (χ2v) is 13.0. The van der Waals surface area contributed by atoms with Gasteiger partial charge in [0.2, 0.25) is 0 Å². The van der Waals surface area contributed by atoms with Crippen LogP contribution in [0.2, 0.25) is 0 Å². The molecule has 1 unspecified atom stereocenters. The lowest BCUT2D eigenvalue weighted by atomic mass is 9.98. The Kier molecular flexibility index (Phi) is 6.85. The van der Waals surface area contributed by atoms with Crippen LogP contribution in [-0.2, 0) is 0 Å². The predicted octanol–water partition coefficient (Wildman–Crippen LogP) is 11.7. The van der Waals surface area contributed by atoms with Crippen molar-refractivity contribution in [3.8, 4) is 22.3 Å². The van der Waals surface area contributed by atoms with Crippen molar-refractivity contribution in [2.45, 2.75) is 6.17 Å². The van der Waals surface area contributed by atoms with E-state index in [2.05, 4.69) is 145 Å². The molecule has 10 rings (SSSR count). The van der Waals surface area contributed by atoms with Gasteiger partial charge in [0.25, 0.3) is 0 Å². The Morgan fingerprint density at radius 1 is 0.451 bits per heavy atom. The predicted molar refractivity (Wildman–Crippen MR) is 211 cm³/mol. The highest BCUT2D eigenvalue weighted by atomic mass is 16.3. The number of nitrogens with zero attached hydrogens (tertiary/aromatic N) is 2. The van der Waals surface area contributed by atoms with E-state index in [9.17, 15) is 0 Å². The molecule has 0 radical (unpaired) electrons. The van der Waals surface area contributed by atoms with E-state index < -0.39 is 0 Å². The van der Waals surface area contributed by atoms with Gasteiger partial charge in [0.1, 0.15) is 23.2 Å². The Balaban J connectivity index is 1.09. The lowest BCUT2D eigenvalue weighted by molar-refractivity contribution is 0.668. The standard InChI is InChI=1S/C47H31N3O/c1-3-10-30(11-4-1)31-18-20-32(21-19-31)36-26-27-39-43(29-36)51-42-17-9-16-40(44(39)42)47-49-45(35-13-5-2-6-14-35)48-46(50-47)37-25-24-34-23-22-33-12-7-8-15-38(33)41(34)28-37/h1-29,46H,(H,48,49,50). The summed E-state index contributed by atoms with van der Waals surface area (Å²) in [6.07, 6.45) is -0.338. The molecule has 1 aliphatic rings. The van der Waals surface area contributed by atoms with Gasteiger partial charge in [-0.1, -0.05) is 152 Å². The summed E-state index contributed by atoms with van der Waals surface area (Å²) in [5.41, 5.74) is 9.32. The van der Waals surface area contributed by atoms with Gasteiger partial charge in [0, 0.05) is 21.9 Å². The topological polar surface area (TPSA) is 49.9 Å². The van der Waals surface area contributed by atoms with E-state index in [0.29, 0.717) is 5.84 Å². The van der Waals surface area contributed by atoms with Gasteiger partial charge in [-0.3, -0.25) is 0 Å². The van der Waals surface area contributed by atoms with Crippen LogP contribution >= 0.6 is 0 Å². The number of hydrogen-bond donors (Lipinski definition) is 1. The van der Waals surface area contributed by atoms with E-state index in [-0.39, 0.29) is 6.17 Å². The third kappa shape index (κ3) is 5.17. The lowest BCUT2D eigenvalue weighted by Crippen LogP contribution is -2.33. The number of benzene rings is 8. The van der Waals surface area contributed by atoms with Gasteiger partial charge in [0.05, 0.1) is 0 Å². The van der Waals surface area contributed by atoms with Crippen molar-refractivity contribution < 1.29 is 4.42 Å². The molecule has 1 atom stereocenters. The fourth-order valence-electron chi connectivity index (χ4n) is 7.35. The number of rotatable bonds is 5. The van der Waals surface area contributed by atoms with E-state index >= 15 is 0 Å². The van der Waals surface area contributed by atoms with E-state index in [1.165, 1.54) is 32.7 Å². The summed E-state index contributed by atoms with van der Waals surface area (Å²) < 4.78 is 6.53. The molecule has 0 amide bonds. The van der Waals surface area contributed by atoms with Crippen LogP contribution in [0.3, 0.4) is 0 Å². The molecule has 4 nitrogen and oxygen atoms in total. The Labute approximate surface area is 295 Å². The first kappa shape index (κ1) is 29.2. The largest absolute Gasteiger partial charge is 0.456 e. The molecule has 1 aliphatic heterocycles. The highest BCUT2D eigenvalue weighted by molar-refractivity contribution is 6.22. The summed E-state index contributed by atoms with van der Waals surface area (Å²) in [6, 6.07) is 61.7. The fraction of sp³-hybridized carbons (Fsp3) is 0.0213. The van der Waals surface area contributed by atoms with Crippen molar-refractivity contribution in [1.82, 2.24) is 5.32 Å². The number of furan rings is 1. The fourth-order valence-corrected chi connectivity index (χ4v) is 7.35. The quantitative estimate of drug-likeness (QED) is 0.188. The molecular weight excluding hydrogens is 623 g/mol. The van der Waals surface area contributed by atoms with Crippen molar-refractivity contribution in [3.05, 3.63) is 193 Å². The van der Waals surface area contributed by atoms with Crippen molar-refractivity contribution in [2.75, 3.05) is 0 Å². The molecule has 0 saturated heterocycles. The van der Waals surface area contributed by atoms with Crippen LogP contribution in [0.5, 0.6) is 0 Å². The average Bonchev–Trinajstić information content (AvgIpc) is 3.59. The first-order valence-electron chi connectivity index (χ1n) is 17.3. The molecule has 240 valence electrons. The average molecular weight is 654 g/mol. The summed E-state index contributed by atoms with van der Waals surface area (Å²) in [6.45, 7) is 0. The van der Waals surface area contributed by atoms with E-state index in [1.54, 1.807) is 0 Å². The zero-order valence-corrected chi connectivity index (χ0v) is 27.6. The van der Waals surface area contributed by atoms with E-state index in [1.807, 2.05) is 36.4 Å². The Morgan fingerprint density at radius 3 is 1.90 bits per heavy atom. The van der Waals surface area contributed by atoms with Gasteiger partial charge in [-0.15, -0.1) is 0 Å². The van der Waals surface area contributed by atoms with Crippen molar-refractivity contribution in [1.29, 1.82) is 0 Å². The first-order valence-corrected chi connectivity index (χ1v) is 17.3. The number of aliphatic imine (C=N–C) groups is 2. The molecular formula is C47H31N3O. The Bertz CT molecular complexity index is 2820. The number of hydrogen-bond acceptors (Lipinski definition) is 4. The first-order chi connectivity index (χ1) is 25.2. The van der Waals surface area contributed by atoms with Gasteiger partial charge in [-0.2, -0.15) is 0 Å². The van der Waals surface area contributed by atoms with Crippen LogP contribution in [0.1, 0.15) is 22.9 Å². The Morgan fingerprint density at radius 2 is 1.10 bits per heavy atom. The summed E-state index contributed by atoms with van der Waals surface area (Å²) in [5, 5.41) is 10.6. The van der Waals surface area contributed by atoms with Crippen LogP contribution in [0.15, 0.2) is 190 Å². The molecule has 0 saturated carbocycles. The smallest absolute Gasteiger partial charge is 0.160 e. The van der Waals surface area contributed by atoms with Gasteiger partial charge >= 0.3 is 0 Å². The maximum Gasteiger partial charge on any atom is 0.160 e. The highest BCUT2D eigenvalue weighted by Crippen LogP contribution is 2.37. The maximum atomic E-state index is 6.53. The minimum atomic E-state index is -0.338. The summed E-state index contributed by atoms with van der Waals surface area (Å²) >= 11 is 0. The number of amidine groups is 2. The SMILES string of the molecule is c1ccc(C2=NC(c3cccc4oc5cc(-c6ccc(-c7ccccc7)cc6)ccc5c34)=NC(c3ccc4ccc5ccccc5c4c3)N2)cc1. The van der Waals surface area contributed by atoms with Crippen LogP contribution in [-0.4, -0.2) is 11.7 Å². The van der Waals surface area contributed by atoms with Crippen LogP contribution in [0.4, 0.5) is 0 Å². The van der Waals surface area contributed by atoms with Crippen molar-refractivity contribution in [2.24, 2.45) is 9.98 Å². The molecule has 0 fully saturated rings. The molecule has 1 N–H and O–H groups in total. The summed E-state index contributed by atoms with van der Waals surface area (Å²) in [4.78, 5) is 10.5. The lowest BCUT2D eigenvalue weighted by Gasteiger charge is -2.24. The van der Waals surface area contributed by atoms with Gasteiger partial charge < -0.3 is 9.73 Å². The van der Waals surface area contributed by atoms with E-state index in [0.717, 1.165) is 55.6 Å². The summed E-state index contributed by atoms with van der Waals surface area (Å²) in [5.74, 6) is 1.46. The normalized spacial score (nSPS) is 14.5. The third-order valence-corrected chi connectivity index (χ3v) is 9.94. The van der Waals surface area contributed by atoms with Gasteiger partial charge in [-0.05, 0) is 73.6 Å². The third-order valence-electron chi connectivity index (χ3n) is 9.94. The molecule has 51 heavy (non-hydrogen) atoms. The molecule has 8 aromatic carbocycles. The zero-order chi connectivity index (χ0) is 33.7. The van der Waals surface area contributed by atoms with Crippen LogP contribution < -0.4 is 5.32 Å². The summed E-state index contributed by atoms with van der Waals surface area (Å²) in [7, 11) is 0. The van der Waals surface area contributed by atoms with Crippen molar-refractivity contribution in [3.63, 3.8) is 0 Å². The molecule has 0 spiro atoms. The van der Waals surface area contributed by atoms with E-state index in [4.69, 9.17) is 14.4 Å². The van der Waals surface area contributed by atoms with Crippen LogP contribution in [0, 0.1) is 0 Å².